The van der Waals surface area contributed by atoms with Gasteiger partial charge in [0, 0.05) is 23.4 Å². The fraction of sp³-hybridized carbons (Fsp3) is 0.250. The van der Waals surface area contributed by atoms with Gasteiger partial charge in [-0.3, -0.25) is 4.79 Å². The zero-order valence-electron chi connectivity index (χ0n) is 21.2. The quantitative estimate of drug-likeness (QED) is 0.310. The van der Waals surface area contributed by atoms with Crippen LogP contribution in [0.25, 0.3) is 0 Å². The number of rotatable bonds is 9. The molecule has 6 nitrogen and oxygen atoms in total. The SMILES string of the molecule is COc1ccc(CN(C(=O)C(C)N[C-](C)c2cccc(C)c2)c2cccc(O)c2)c(OC)c1.[CH3-].[W+2]. The van der Waals surface area contributed by atoms with Crippen molar-refractivity contribution in [1.82, 2.24) is 5.32 Å². The number of hydrogen-bond donors (Lipinski definition) is 2. The van der Waals surface area contributed by atoms with Gasteiger partial charge in [-0.05, 0) is 31.2 Å². The number of nitrogens with zero attached hydrogens (tertiary/aromatic N) is 1. The number of aromatic hydroxyl groups is 1. The number of amides is 1. The zero-order chi connectivity index (χ0) is 24.0. The molecule has 0 aromatic heterocycles. The molecule has 0 bridgehead atoms. The Bertz CT molecular complexity index is 1110. The molecule has 1 amide bonds. The molecule has 1 atom stereocenters. The normalized spacial score (nSPS) is 10.9. The summed E-state index contributed by atoms with van der Waals surface area (Å²) < 4.78 is 10.8. The Balaban J connectivity index is 0.00000306. The Morgan fingerprint density at radius 1 is 1.06 bits per heavy atom. The van der Waals surface area contributed by atoms with Gasteiger partial charge in [0.25, 0.3) is 0 Å². The predicted octanol–water partition coefficient (Wildman–Crippen LogP) is 5.28. The monoisotopic (exact) mass is 646 g/mol. The van der Waals surface area contributed by atoms with Crippen LogP contribution in [-0.2, 0) is 32.4 Å². The maximum absolute atomic E-state index is 13.6. The fourth-order valence-electron chi connectivity index (χ4n) is 3.69. The smallest absolute Gasteiger partial charge is 0.508 e. The molecule has 0 radical (unpaired) electrons. The van der Waals surface area contributed by atoms with Gasteiger partial charge in [-0.25, -0.2) is 0 Å². The Labute approximate surface area is 223 Å². The van der Waals surface area contributed by atoms with Crippen LogP contribution in [0.1, 0.15) is 30.5 Å². The molecule has 0 aliphatic heterocycles. The number of anilines is 1. The average molecular weight is 646 g/mol. The average Bonchev–Trinajstić information content (AvgIpc) is 2.82. The summed E-state index contributed by atoms with van der Waals surface area (Å²) >= 11 is 0. The van der Waals surface area contributed by atoms with Crippen molar-refractivity contribution in [1.29, 1.82) is 0 Å². The summed E-state index contributed by atoms with van der Waals surface area (Å²) in [6.45, 7) is 6.11. The van der Waals surface area contributed by atoms with Crippen LogP contribution in [0.2, 0.25) is 0 Å². The van der Waals surface area contributed by atoms with Crippen molar-refractivity contribution in [3.8, 4) is 17.2 Å². The molecule has 35 heavy (non-hydrogen) atoms. The molecule has 0 heterocycles. The van der Waals surface area contributed by atoms with Crippen LogP contribution in [0, 0.1) is 20.4 Å². The van der Waals surface area contributed by atoms with E-state index in [2.05, 4.69) is 11.4 Å². The van der Waals surface area contributed by atoms with Gasteiger partial charge < -0.3 is 32.2 Å². The van der Waals surface area contributed by atoms with Gasteiger partial charge in [-0.2, -0.15) is 17.7 Å². The van der Waals surface area contributed by atoms with Gasteiger partial charge in [0.1, 0.15) is 17.2 Å². The van der Waals surface area contributed by atoms with Gasteiger partial charge in [-0.1, -0.05) is 26.0 Å². The molecule has 0 fully saturated rings. The molecule has 0 saturated carbocycles. The predicted molar refractivity (Wildman–Crippen MR) is 137 cm³/mol. The fourth-order valence-corrected chi connectivity index (χ4v) is 3.69. The summed E-state index contributed by atoms with van der Waals surface area (Å²) in [6.07, 6.45) is 0. The van der Waals surface area contributed by atoms with Crippen LogP contribution in [0.15, 0.2) is 66.7 Å². The molecule has 0 aliphatic rings. The van der Waals surface area contributed by atoms with Crippen LogP contribution >= 0.6 is 0 Å². The molecule has 0 spiro atoms. The van der Waals surface area contributed by atoms with E-state index in [1.54, 1.807) is 49.5 Å². The number of benzene rings is 3. The first-order chi connectivity index (χ1) is 15.8. The van der Waals surface area contributed by atoms with Gasteiger partial charge in [-0.15, -0.1) is 17.7 Å². The second-order valence-electron chi connectivity index (χ2n) is 7.98. The number of phenolic OH excluding ortho intramolecular Hbond substituents is 1. The summed E-state index contributed by atoms with van der Waals surface area (Å²) in [5.41, 5.74) is 3.61. The van der Waals surface area contributed by atoms with Crippen LogP contribution < -0.4 is 19.7 Å². The van der Waals surface area contributed by atoms with Crippen molar-refractivity contribution in [2.45, 2.75) is 33.4 Å². The number of hydrogen-bond acceptors (Lipinski definition) is 5. The zero-order valence-corrected chi connectivity index (χ0v) is 24.1. The summed E-state index contributed by atoms with van der Waals surface area (Å²) in [5.74, 6) is 1.25. The third kappa shape index (κ3) is 7.78. The van der Waals surface area contributed by atoms with E-state index in [4.69, 9.17) is 9.47 Å². The first-order valence-corrected chi connectivity index (χ1v) is 10.8. The molecule has 0 saturated heterocycles. The Hall–Kier alpha value is -2.95. The van der Waals surface area contributed by atoms with E-state index in [9.17, 15) is 9.90 Å². The Morgan fingerprint density at radius 3 is 2.40 bits per heavy atom. The summed E-state index contributed by atoms with van der Waals surface area (Å²) in [4.78, 5) is 15.3. The largest absolute Gasteiger partial charge is 2.00 e. The summed E-state index contributed by atoms with van der Waals surface area (Å²) in [6, 6.07) is 20.7. The first-order valence-electron chi connectivity index (χ1n) is 10.8. The third-order valence-corrected chi connectivity index (χ3v) is 5.48. The topological polar surface area (TPSA) is 71.0 Å². The minimum Gasteiger partial charge on any atom is -0.508 e. The second-order valence-corrected chi connectivity index (χ2v) is 7.98. The molecule has 3 rings (SSSR count). The van der Waals surface area contributed by atoms with Crippen molar-refractivity contribution < 1.29 is 40.4 Å². The second kappa shape index (κ2) is 13.8. The van der Waals surface area contributed by atoms with E-state index in [0.29, 0.717) is 17.2 Å². The van der Waals surface area contributed by atoms with E-state index in [1.807, 2.05) is 51.1 Å². The summed E-state index contributed by atoms with van der Waals surface area (Å²) in [7, 11) is 3.18. The van der Waals surface area contributed by atoms with E-state index in [1.165, 1.54) is 0 Å². The van der Waals surface area contributed by atoms with Crippen molar-refractivity contribution in [2.24, 2.45) is 0 Å². The molecular formula is C28H34N2O4W. The number of carbonyl (C=O) groups excluding carboxylic acids is 1. The van der Waals surface area contributed by atoms with Crippen molar-refractivity contribution in [3.05, 3.63) is 96.9 Å². The molecular weight excluding hydrogens is 612 g/mol. The number of aryl methyl sites for hydroxylation is 1. The Morgan fingerprint density at radius 2 is 1.77 bits per heavy atom. The van der Waals surface area contributed by atoms with E-state index in [-0.39, 0.29) is 46.7 Å². The van der Waals surface area contributed by atoms with Crippen molar-refractivity contribution in [3.63, 3.8) is 0 Å². The number of phenols is 1. The molecule has 1 unspecified atom stereocenters. The van der Waals surface area contributed by atoms with Gasteiger partial charge in [0.15, 0.2) is 0 Å². The number of ether oxygens (including phenoxy) is 2. The summed E-state index contributed by atoms with van der Waals surface area (Å²) in [5, 5.41) is 13.4. The van der Waals surface area contributed by atoms with Crippen molar-refractivity contribution in [2.75, 3.05) is 19.1 Å². The molecule has 0 aliphatic carbocycles. The number of carbonyl (C=O) groups is 1. The van der Waals surface area contributed by atoms with Crippen LogP contribution in [0.4, 0.5) is 5.69 Å². The van der Waals surface area contributed by atoms with Crippen LogP contribution in [0.5, 0.6) is 17.2 Å². The van der Waals surface area contributed by atoms with Crippen LogP contribution in [-0.4, -0.2) is 31.3 Å². The minimum absolute atomic E-state index is 0. The van der Waals surface area contributed by atoms with Crippen LogP contribution in [0.3, 0.4) is 0 Å². The maximum Gasteiger partial charge on any atom is 2.00 e. The van der Waals surface area contributed by atoms with E-state index < -0.39 is 6.04 Å². The molecule has 3 aromatic rings. The standard InChI is InChI=1S/C27H31N2O4.CH3.W/c1-18-8-6-9-21(14-18)19(2)28-20(3)27(31)29(23-10-7-11-24(30)15-23)17-22-12-13-25(32-4)16-26(22)33-5;;/h6-16,20,28,30H,17H2,1-5H3;1H3;/q2*-1;+2. The van der Waals surface area contributed by atoms with Gasteiger partial charge >= 0.3 is 21.1 Å². The molecule has 186 valence electrons. The molecule has 3 aromatic carbocycles. The van der Waals surface area contributed by atoms with Crippen molar-refractivity contribution >= 4 is 11.6 Å². The molecule has 2 N–H and O–H groups in total. The number of nitrogens with one attached hydrogen (secondary N) is 1. The third-order valence-electron chi connectivity index (χ3n) is 5.48. The first kappa shape index (κ1) is 30.1. The Kier molecular flexibility index (Phi) is 11.9. The number of methoxy groups -OCH3 is 2. The van der Waals surface area contributed by atoms with E-state index >= 15 is 0 Å². The molecule has 7 heteroatoms. The van der Waals surface area contributed by atoms with Gasteiger partial charge in [0.05, 0.1) is 26.8 Å². The maximum atomic E-state index is 13.6. The van der Waals surface area contributed by atoms with Gasteiger partial charge in [0.2, 0.25) is 5.91 Å². The minimum atomic E-state index is -0.503. The van der Waals surface area contributed by atoms with E-state index in [0.717, 1.165) is 22.7 Å².